The predicted molar refractivity (Wildman–Crippen MR) is 220 cm³/mol. The normalized spacial score (nSPS) is 13.7. The molecule has 0 radical (unpaired) electrons. The van der Waals surface area contributed by atoms with Crippen molar-refractivity contribution in [1.82, 2.24) is 0 Å². The summed E-state index contributed by atoms with van der Waals surface area (Å²) in [6.45, 7) is 3.69. The Kier molecular flexibility index (Phi) is 38.6. The van der Waals surface area contributed by atoms with E-state index in [1.807, 2.05) is 0 Å². The van der Waals surface area contributed by atoms with E-state index in [-0.39, 0.29) is 38.6 Å². The van der Waals surface area contributed by atoms with Crippen LogP contribution in [0.3, 0.4) is 0 Å². The van der Waals surface area contributed by atoms with Crippen molar-refractivity contribution in [3.05, 3.63) is 36.5 Å². The molecule has 0 aromatic heterocycles. The average molecular weight is 770 g/mol. The van der Waals surface area contributed by atoms with Crippen LogP contribution in [0.4, 0.5) is 0 Å². The third kappa shape index (κ3) is 39.7. The second kappa shape index (κ2) is 39.9. The van der Waals surface area contributed by atoms with E-state index in [0.717, 1.165) is 57.8 Å². The monoisotopic (exact) mass is 770 g/mol. The molecular weight excluding hydrogens is 689 g/mol. The predicted octanol–water partition coefficient (Wildman–Crippen LogP) is 12.2. The zero-order valence-corrected chi connectivity index (χ0v) is 34.9. The van der Waals surface area contributed by atoms with Crippen LogP contribution >= 0.6 is 7.82 Å². The van der Waals surface area contributed by atoms with Crippen LogP contribution in [0.1, 0.15) is 194 Å². The van der Waals surface area contributed by atoms with Crippen molar-refractivity contribution in [2.45, 2.75) is 200 Å². The van der Waals surface area contributed by atoms with Crippen LogP contribution in [-0.4, -0.2) is 49.3 Å². The van der Waals surface area contributed by atoms with Gasteiger partial charge in [0.05, 0.1) is 13.2 Å². The number of carbonyl (C=O) groups excluding carboxylic acids is 2. The standard InChI is InChI=1S/C43H80NO8P/c1-3-5-7-9-11-13-15-17-19-20-22-24-26-28-30-32-34-36-43(46)52-41(40-51-53(47,48)50-38-37-44)39-49-42(45)35-33-31-29-27-25-23-21-18-16-14-12-10-8-6-4-2/h11,13,17,19,22,24,41H,3-10,12,14-16,18,20-21,23,25-40,44H2,1-2H3,(H,47,48)/b13-11-,19-17-,24-22-/t41-/m1/s1. The number of ether oxygens (including phenoxy) is 2. The summed E-state index contributed by atoms with van der Waals surface area (Å²) in [6, 6.07) is 0. The van der Waals surface area contributed by atoms with E-state index >= 15 is 0 Å². The molecule has 0 rings (SSSR count). The molecule has 0 heterocycles. The summed E-state index contributed by atoms with van der Waals surface area (Å²) in [6.07, 6.45) is 43.1. The number of rotatable bonds is 40. The molecule has 2 atom stereocenters. The molecule has 0 aliphatic heterocycles. The van der Waals surface area contributed by atoms with Gasteiger partial charge in [0.15, 0.2) is 6.10 Å². The van der Waals surface area contributed by atoms with Crippen molar-refractivity contribution in [1.29, 1.82) is 0 Å². The number of hydrogen-bond donors (Lipinski definition) is 2. The van der Waals surface area contributed by atoms with E-state index in [0.29, 0.717) is 6.42 Å². The van der Waals surface area contributed by atoms with Crippen molar-refractivity contribution in [3.63, 3.8) is 0 Å². The molecular formula is C43H80NO8P. The number of esters is 2. The lowest BCUT2D eigenvalue weighted by Gasteiger charge is -2.19. The Morgan fingerprint density at radius 2 is 0.981 bits per heavy atom. The van der Waals surface area contributed by atoms with Crippen molar-refractivity contribution in [2.75, 3.05) is 26.4 Å². The molecule has 0 fully saturated rings. The summed E-state index contributed by atoms with van der Waals surface area (Å²) in [5.41, 5.74) is 5.34. The van der Waals surface area contributed by atoms with E-state index < -0.39 is 26.5 Å². The summed E-state index contributed by atoms with van der Waals surface area (Å²) >= 11 is 0. The summed E-state index contributed by atoms with van der Waals surface area (Å²) in [5, 5.41) is 0. The van der Waals surface area contributed by atoms with E-state index in [1.54, 1.807) is 0 Å². The van der Waals surface area contributed by atoms with Crippen molar-refractivity contribution < 1.29 is 37.6 Å². The Bertz CT molecular complexity index is 970. The van der Waals surface area contributed by atoms with Gasteiger partial charge in [-0.2, -0.15) is 0 Å². The van der Waals surface area contributed by atoms with Gasteiger partial charge < -0.3 is 20.1 Å². The van der Waals surface area contributed by atoms with E-state index in [4.69, 9.17) is 24.3 Å². The average Bonchev–Trinajstić information content (AvgIpc) is 3.14. The Morgan fingerprint density at radius 1 is 0.566 bits per heavy atom. The van der Waals surface area contributed by atoms with Crippen LogP contribution in [0.25, 0.3) is 0 Å². The van der Waals surface area contributed by atoms with Crippen LogP contribution in [0, 0.1) is 0 Å². The van der Waals surface area contributed by atoms with Gasteiger partial charge in [0.25, 0.3) is 0 Å². The lowest BCUT2D eigenvalue weighted by Crippen LogP contribution is -2.29. The number of phosphoric ester groups is 1. The van der Waals surface area contributed by atoms with Gasteiger partial charge in [-0.25, -0.2) is 4.57 Å². The molecule has 0 aromatic rings. The largest absolute Gasteiger partial charge is 0.472 e. The summed E-state index contributed by atoms with van der Waals surface area (Å²) in [5.74, 6) is -0.849. The maximum atomic E-state index is 12.6. The molecule has 0 aliphatic carbocycles. The van der Waals surface area contributed by atoms with Crippen molar-refractivity contribution in [2.24, 2.45) is 5.73 Å². The van der Waals surface area contributed by atoms with Gasteiger partial charge >= 0.3 is 19.8 Å². The first-order chi connectivity index (χ1) is 25.8. The zero-order valence-electron chi connectivity index (χ0n) is 34.0. The molecule has 0 aromatic carbocycles. The summed E-state index contributed by atoms with van der Waals surface area (Å²) < 4.78 is 32.7. The Hall–Kier alpha value is -1.77. The highest BCUT2D eigenvalue weighted by molar-refractivity contribution is 7.47. The quantitative estimate of drug-likeness (QED) is 0.0270. The van der Waals surface area contributed by atoms with Gasteiger partial charge in [0.1, 0.15) is 6.61 Å². The third-order valence-corrected chi connectivity index (χ3v) is 10.0. The van der Waals surface area contributed by atoms with Crippen LogP contribution in [-0.2, 0) is 32.7 Å². The first kappa shape index (κ1) is 51.2. The van der Waals surface area contributed by atoms with E-state index in [1.165, 1.54) is 103 Å². The SMILES string of the molecule is CCCCC/C=C\C/C=C\C/C=C\CCCCCCC(=O)O[C@H](COC(=O)CCCCCCCCCCCCCCCCC)COP(=O)(O)OCCN. The molecule has 0 amide bonds. The minimum Gasteiger partial charge on any atom is -0.462 e. The maximum Gasteiger partial charge on any atom is 0.472 e. The fourth-order valence-electron chi connectivity index (χ4n) is 5.82. The summed E-state index contributed by atoms with van der Waals surface area (Å²) in [7, 11) is -4.38. The highest BCUT2D eigenvalue weighted by Crippen LogP contribution is 2.43. The summed E-state index contributed by atoms with van der Waals surface area (Å²) in [4.78, 5) is 34.8. The van der Waals surface area contributed by atoms with Gasteiger partial charge in [-0.1, -0.05) is 166 Å². The minimum atomic E-state index is -4.38. The number of hydrogen-bond acceptors (Lipinski definition) is 8. The lowest BCUT2D eigenvalue weighted by molar-refractivity contribution is -0.161. The number of allylic oxidation sites excluding steroid dienone is 6. The zero-order chi connectivity index (χ0) is 38.9. The number of carbonyl (C=O) groups is 2. The first-order valence-corrected chi connectivity index (χ1v) is 23.0. The Labute approximate surface area is 324 Å². The highest BCUT2D eigenvalue weighted by Gasteiger charge is 2.26. The first-order valence-electron chi connectivity index (χ1n) is 21.5. The molecule has 0 saturated heterocycles. The van der Waals surface area contributed by atoms with Crippen molar-refractivity contribution in [3.8, 4) is 0 Å². The minimum absolute atomic E-state index is 0.0498. The molecule has 3 N–H and O–H groups in total. The van der Waals surface area contributed by atoms with E-state index in [2.05, 4.69) is 50.3 Å². The van der Waals surface area contributed by atoms with Crippen molar-refractivity contribution >= 4 is 19.8 Å². The molecule has 0 spiro atoms. The smallest absolute Gasteiger partial charge is 0.462 e. The molecule has 310 valence electrons. The van der Waals surface area contributed by atoms with Gasteiger partial charge in [-0.3, -0.25) is 18.6 Å². The van der Waals surface area contributed by atoms with Crippen LogP contribution in [0.2, 0.25) is 0 Å². The molecule has 10 heteroatoms. The molecule has 0 aliphatic rings. The second-order valence-electron chi connectivity index (χ2n) is 14.2. The molecule has 9 nitrogen and oxygen atoms in total. The molecule has 0 bridgehead atoms. The fraction of sp³-hybridized carbons (Fsp3) is 0.814. The lowest BCUT2D eigenvalue weighted by atomic mass is 10.0. The van der Waals surface area contributed by atoms with Gasteiger partial charge in [0, 0.05) is 19.4 Å². The topological polar surface area (TPSA) is 134 Å². The maximum absolute atomic E-state index is 12.6. The van der Waals surface area contributed by atoms with Gasteiger partial charge in [0.2, 0.25) is 0 Å². The molecule has 53 heavy (non-hydrogen) atoms. The van der Waals surface area contributed by atoms with Crippen LogP contribution in [0.15, 0.2) is 36.5 Å². The van der Waals surface area contributed by atoms with E-state index in [9.17, 15) is 19.0 Å². The van der Waals surface area contributed by atoms with Gasteiger partial charge in [-0.15, -0.1) is 0 Å². The van der Waals surface area contributed by atoms with Crippen LogP contribution < -0.4 is 5.73 Å². The Morgan fingerprint density at radius 3 is 1.49 bits per heavy atom. The fourth-order valence-corrected chi connectivity index (χ4v) is 6.58. The molecule has 1 unspecified atom stereocenters. The number of phosphoric acid groups is 1. The number of nitrogens with two attached hydrogens (primary N) is 1. The Balaban J connectivity index is 4.20. The second-order valence-corrected chi connectivity index (χ2v) is 15.7. The van der Waals surface area contributed by atoms with Crippen LogP contribution in [0.5, 0.6) is 0 Å². The molecule has 0 saturated carbocycles. The number of unbranched alkanes of at least 4 members (excludes halogenated alkanes) is 21. The third-order valence-electron chi connectivity index (χ3n) is 9.03. The highest BCUT2D eigenvalue weighted by atomic mass is 31.2. The van der Waals surface area contributed by atoms with Gasteiger partial charge in [-0.05, 0) is 51.4 Å².